The highest BCUT2D eigenvalue weighted by Crippen LogP contribution is 2.30. The molecule has 0 amide bonds. The quantitative estimate of drug-likeness (QED) is 0.824. The van der Waals surface area contributed by atoms with Crippen molar-refractivity contribution in [3.8, 4) is 22.9 Å². The SMILES string of the molecule is N#Cc1c(-c2ccc3c(c2)CCO3)cc[nH]c1=O. The van der Waals surface area contributed by atoms with Crippen molar-refractivity contribution in [1.82, 2.24) is 4.98 Å². The first kappa shape index (κ1) is 10.6. The number of aromatic amines is 1. The number of hydrogen-bond acceptors (Lipinski definition) is 3. The van der Waals surface area contributed by atoms with Crippen LogP contribution in [0.15, 0.2) is 35.3 Å². The smallest absolute Gasteiger partial charge is 0.266 e. The maximum Gasteiger partial charge on any atom is 0.266 e. The molecule has 18 heavy (non-hydrogen) atoms. The first-order valence-corrected chi connectivity index (χ1v) is 5.67. The fourth-order valence-electron chi connectivity index (χ4n) is 2.18. The van der Waals surface area contributed by atoms with Gasteiger partial charge in [-0.15, -0.1) is 0 Å². The van der Waals surface area contributed by atoms with E-state index < -0.39 is 0 Å². The fraction of sp³-hybridized carbons (Fsp3) is 0.143. The van der Waals surface area contributed by atoms with E-state index in [2.05, 4.69) is 4.98 Å². The summed E-state index contributed by atoms with van der Waals surface area (Å²) in [6, 6.07) is 9.45. The van der Waals surface area contributed by atoms with Gasteiger partial charge in [-0.25, -0.2) is 0 Å². The monoisotopic (exact) mass is 238 g/mol. The van der Waals surface area contributed by atoms with Gasteiger partial charge in [-0.05, 0) is 29.3 Å². The van der Waals surface area contributed by atoms with Gasteiger partial charge in [0.2, 0.25) is 0 Å². The van der Waals surface area contributed by atoms with Gasteiger partial charge in [-0.1, -0.05) is 6.07 Å². The lowest BCUT2D eigenvalue weighted by atomic mass is 9.99. The first-order valence-electron chi connectivity index (χ1n) is 5.67. The molecule has 88 valence electrons. The van der Waals surface area contributed by atoms with Gasteiger partial charge in [-0.2, -0.15) is 5.26 Å². The van der Waals surface area contributed by atoms with Gasteiger partial charge in [-0.3, -0.25) is 4.79 Å². The lowest BCUT2D eigenvalue weighted by Gasteiger charge is -2.05. The van der Waals surface area contributed by atoms with Gasteiger partial charge in [0.25, 0.3) is 5.56 Å². The third-order valence-corrected chi connectivity index (χ3v) is 3.07. The van der Waals surface area contributed by atoms with E-state index in [4.69, 9.17) is 10.00 Å². The van der Waals surface area contributed by atoms with E-state index in [0.717, 1.165) is 23.3 Å². The van der Waals surface area contributed by atoms with Crippen LogP contribution in [0.1, 0.15) is 11.1 Å². The Kier molecular flexibility index (Phi) is 2.38. The second-order valence-electron chi connectivity index (χ2n) is 4.13. The molecule has 1 aromatic carbocycles. The lowest BCUT2D eigenvalue weighted by molar-refractivity contribution is 0.357. The molecule has 0 bridgehead atoms. The van der Waals surface area contributed by atoms with Crippen LogP contribution in [-0.4, -0.2) is 11.6 Å². The van der Waals surface area contributed by atoms with Crippen LogP contribution in [0.25, 0.3) is 11.1 Å². The van der Waals surface area contributed by atoms with Gasteiger partial charge in [0.05, 0.1) is 6.61 Å². The Balaban J connectivity index is 2.19. The van der Waals surface area contributed by atoms with Crippen molar-refractivity contribution in [2.45, 2.75) is 6.42 Å². The van der Waals surface area contributed by atoms with Crippen LogP contribution in [0.3, 0.4) is 0 Å². The second kappa shape index (κ2) is 4.04. The number of nitrogens with zero attached hydrogens (tertiary/aromatic N) is 1. The highest BCUT2D eigenvalue weighted by Gasteiger charge is 2.14. The Morgan fingerprint density at radius 2 is 2.22 bits per heavy atom. The molecule has 2 heterocycles. The van der Waals surface area contributed by atoms with Crippen LogP contribution in [0, 0.1) is 11.3 Å². The minimum Gasteiger partial charge on any atom is -0.493 e. The van der Waals surface area contributed by atoms with Crippen molar-refractivity contribution >= 4 is 0 Å². The number of benzene rings is 1. The standard InChI is InChI=1S/C14H10N2O2/c15-8-12-11(3-5-16-14(12)17)9-1-2-13-10(7-9)4-6-18-13/h1-3,5,7H,4,6H2,(H,16,17). The highest BCUT2D eigenvalue weighted by atomic mass is 16.5. The molecule has 1 aliphatic heterocycles. The average Bonchev–Trinajstić information content (AvgIpc) is 2.85. The summed E-state index contributed by atoms with van der Waals surface area (Å²) in [4.78, 5) is 14.1. The molecule has 0 aliphatic carbocycles. The average molecular weight is 238 g/mol. The Morgan fingerprint density at radius 3 is 3.06 bits per heavy atom. The summed E-state index contributed by atoms with van der Waals surface area (Å²) >= 11 is 0. The summed E-state index contributed by atoms with van der Waals surface area (Å²) in [5, 5.41) is 9.06. The lowest BCUT2D eigenvalue weighted by Crippen LogP contribution is -2.10. The molecule has 4 heteroatoms. The number of H-pyrrole nitrogens is 1. The van der Waals surface area contributed by atoms with Crippen molar-refractivity contribution in [2.24, 2.45) is 0 Å². The molecule has 0 saturated carbocycles. The van der Waals surface area contributed by atoms with E-state index >= 15 is 0 Å². The van der Waals surface area contributed by atoms with Crippen LogP contribution in [0.2, 0.25) is 0 Å². The molecule has 4 nitrogen and oxygen atoms in total. The third-order valence-electron chi connectivity index (χ3n) is 3.07. The Morgan fingerprint density at radius 1 is 1.33 bits per heavy atom. The van der Waals surface area contributed by atoms with Gasteiger partial charge in [0, 0.05) is 18.2 Å². The maximum absolute atomic E-state index is 11.6. The third kappa shape index (κ3) is 1.57. The highest BCUT2D eigenvalue weighted by molar-refractivity contribution is 5.71. The van der Waals surface area contributed by atoms with E-state index in [9.17, 15) is 4.79 Å². The van der Waals surface area contributed by atoms with Gasteiger partial charge < -0.3 is 9.72 Å². The first-order chi connectivity index (χ1) is 8.79. The molecule has 0 unspecified atom stereocenters. The molecule has 0 saturated heterocycles. The summed E-state index contributed by atoms with van der Waals surface area (Å²) in [6.45, 7) is 0.694. The van der Waals surface area contributed by atoms with Gasteiger partial charge in [0.15, 0.2) is 0 Å². The minimum absolute atomic E-state index is 0.149. The van der Waals surface area contributed by atoms with E-state index in [-0.39, 0.29) is 11.1 Å². The summed E-state index contributed by atoms with van der Waals surface area (Å²) in [5.41, 5.74) is 2.46. The summed E-state index contributed by atoms with van der Waals surface area (Å²) in [6.07, 6.45) is 2.43. The van der Waals surface area contributed by atoms with Crippen LogP contribution < -0.4 is 10.3 Å². The minimum atomic E-state index is -0.355. The predicted octanol–water partition coefficient (Wildman–Crippen LogP) is 1.85. The number of nitrogens with one attached hydrogen (secondary N) is 1. The molecular weight excluding hydrogens is 228 g/mol. The van der Waals surface area contributed by atoms with Crippen molar-refractivity contribution < 1.29 is 4.74 Å². The Bertz CT molecular complexity index is 710. The Labute approximate surface area is 103 Å². The van der Waals surface area contributed by atoms with Crippen LogP contribution in [0.4, 0.5) is 0 Å². The van der Waals surface area contributed by atoms with Crippen molar-refractivity contribution in [1.29, 1.82) is 5.26 Å². The molecule has 0 fully saturated rings. The number of ether oxygens (including phenoxy) is 1. The number of rotatable bonds is 1. The van der Waals surface area contributed by atoms with Gasteiger partial charge >= 0.3 is 0 Å². The summed E-state index contributed by atoms with van der Waals surface area (Å²) < 4.78 is 5.44. The molecule has 3 rings (SSSR count). The molecule has 0 spiro atoms. The number of hydrogen-bond donors (Lipinski definition) is 1. The molecule has 1 aliphatic rings. The topological polar surface area (TPSA) is 65.9 Å². The van der Waals surface area contributed by atoms with E-state index in [1.54, 1.807) is 12.3 Å². The van der Waals surface area contributed by atoms with Crippen LogP contribution in [0.5, 0.6) is 5.75 Å². The van der Waals surface area contributed by atoms with Gasteiger partial charge in [0.1, 0.15) is 17.4 Å². The normalized spacial score (nSPS) is 12.6. The zero-order chi connectivity index (χ0) is 12.5. The molecule has 0 radical (unpaired) electrons. The van der Waals surface area contributed by atoms with E-state index in [1.807, 2.05) is 24.3 Å². The van der Waals surface area contributed by atoms with E-state index in [1.165, 1.54) is 0 Å². The van der Waals surface area contributed by atoms with Crippen molar-refractivity contribution in [3.63, 3.8) is 0 Å². The zero-order valence-corrected chi connectivity index (χ0v) is 9.56. The molecule has 1 aromatic heterocycles. The molecule has 2 aromatic rings. The Hall–Kier alpha value is -2.54. The number of fused-ring (bicyclic) bond motifs is 1. The van der Waals surface area contributed by atoms with Crippen molar-refractivity contribution in [3.05, 3.63) is 51.9 Å². The van der Waals surface area contributed by atoms with E-state index in [0.29, 0.717) is 12.2 Å². The number of pyridine rings is 1. The van der Waals surface area contributed by atoms with Crippen molar-refractivity contribution in [2.75, 3.05) is 6.61 Å². The molecular formula is C14H10N2O2. The fourth-order valence-corrected chi connectivity index (χ4v) is 2.18. The molecule has 1 N–H and O–H groups in total. The van der Waals surface area contributed by atoms with Crippen LogP contribution >= 0.6 is 0 Å². The predicted molar refractivity (Wildman–Crippen MR) is 66.4 cm³/mol. The maximum atomic E-state index is 11.6. The number of nitriles is 1. The van der Waals surface area contributed by atoms with Crippen LogP contribution in [-0.2, 0) is 6.42 Å². The zero-order valence-electron chi connectivity index (χ0n) is 9.56. The summed E-state index contributed by atoms with van der Waals surface area (Å²) in [5.74, 6) is 0.891. The summed E-state index contributed by atoms with van der Waals surface area (Å²) in [7, 11) is 0. The number of aromatic nitrogens is 1. The molecule has 0 atom stereocenters. The largest absolute Gasteiger partial charge is 0.493 e. The second-order valence-corrected chi connectivity index (χ2v) is 4.13.